The number of hydrogen-bond acceptors (Lipinski definition) is 6. The smallest absolute Gasteiger partial charge is 0.268 e. The first kappa shape index (κ1) is 59.7. The van der Waals surface area contributed by atoms with Crippen molar-refractivity contribution >= 4 is 13.7 Å². The summed E-state index contributed by atoms with van der Waals surface area (Å²) in [5.41, 5.74) is 0. The number of phosphoric ester groups is 1. The quantitative estimate of drug-likeness (QED) is 0.0273. The van der Waals surface area contributed by atoms with Gasteiger partial charge in [0, 0.05) is 6.42 Å². The van der Waals surface area contributed by atoms with Crippen LogP contribution < -0.4 is 10.2 Å². The van der Waals surface area contributed by atoms with Crippen LogP contribution >= 0.6 is 7.82 Å². The van der Waals surface area contributed by atoms with Crippen LogP contribution in [0.25, 0.3) is 0 Å². The van der Waals surface area contributed by atoms with Gasteiger partial charge in [0.1, 0.15) is 13.2 Å². The van der Waals surface area contributed by atoms with Crippen LogP contribution in [0.4, 0.5) is 0 Å². The Morgan fingerprint density at radius 3 is 1.33 bits per heavy atom. The second-order valence-electron chi connectivity index (χ2n) is 18.9. The van der Waals surface area contributed by atoms with Crippen LogP contribution in [-0.4, -0.2) is 68.5 Å². The number of phosphoric acid groups is 1. The molecule has 0 radical (unpaired) electrons. The zero-order chi connectivity index (χ0) is 45.0. The Balaban J connectivity index is 4.37. The van der Waals surface area contributed by atoms with E-state index in [9.17, 15) is 19.4 Å². The van der Waals surface area contributed by atoms with Crippen molar-refractivity contribution in [1.29, 1.82) is 0 Å². The zero-order valence-electron chi connectivity index (χ0n) is 40.9. The fraction of sp³-hybridized carbons (Fsp3) is 0.865. The molecule has 0 aliphatic rings. The zero-order valence-corrected chi connectivity index (χ0v) is 41.8. The number of rotatable bonds is 47. The number of allylic oxidation sites excluding steroid dienone is 5. The molecule has 0 fully saturated rings. The highest BCUT2D eigenvalue weighted by Crippen LogP contribution is 2.38. The minimum Gasteiger partial charge on any atom is -0.756 e. The highest BCUT2D eigenvalue weighted by molar-refractivity contribution is 7.45. The van der Waals surface area contributed by atoms with E-state index < -0.39 is 26.6 Å². The molecule has 0 aromatic carbocycles. The Morgan fingerprint density at radius 1 is 0.557 bits per heavy atom. The van der Waals surface area contributed by atoms with Crippen LogP contribution in [0.2, 0.25) is 0 Å². The number of hydrogen-bond donors (Lipinski definition) is 2. The molecule has 0 rings (SSSR count). The van der Waals surface area contributed by atoms with Crippen molar-refractivity contribution in [3.8, 4) is 0 Å². The summed E-state index contributed by atoms with van der Waals surface area (Å²) in [6, 6.07) is -0.906. The van der Waals surface area contributed by atoms with E-state index in [1.54, 1.807) is 6.08 Å². The molecule has 0 aliphatic heterocycles. The monoisotopic (exact) mass is 881 g/mol. The second-order valence-corrected chi connectivity index (χ2v) is 20.3. The molecule has 360 valence electrons. The average molecular weight is 881 g/mol. The number of quaternary nitrogens is 1. The summed E-state index contributed by atoms with van der Waals surface area (Å²) in [5, 5.41) is 13.8. The fourth-order valence-electron chi connectivity index (χ4n) is 7.48. The molecule has 0 bridgehead atoms. The molecule has 8 nitrogen and oxygen atoms in total. The van der Waals surface area contributed by atoms with Crippen molar-refractivity contribution in [2.45, 2.75) is 251 Å². The van der Waals surface area contributed by atoms with Gasteiger partial charge in [-0.25, -0.2) is 0 Å². The molecule has 1 amide bonds. The van der Waals surface area contributed by atoms with E-state index in [0.29, 0.717) is 17.4 Å². The standard InChI is InChI=1S/C52H101N2O6P/c1-6-8-10-12-14-16-18-20-22-24-26-28-29-31-33-35-37-39-41-43-45-51(55)50(49-60-61(57,58)59-48-47-54(3,4)5)53-52(56)46-44-42-40-38-36-34-32-30-27-25-23-21-19-17-15-13-11-9-7-2/h28-29,35,37,43,45,50-51,55H,6-27,30-34,36,38-42,44,46-49H2,1-5H3,(H-,53,56,57,58)/b29-28+,37-35+,45-43+. The van der Waals surface area contributed by atoms with Crippen LogP contribution in [0.3, 0.4) is 0 Å². The van der Waals surface area contributed by atoms with Crippen LogP contribution in [0.1, 0.15) is 239 Å². The number of nitrogens with zero attached hydrogens (tertiary/aromatic N) is 1. The Kier molecular flexibility index (Phi) is 43.0. The number of likely N-dealkylation sites (N-methyl/N-ethyl adjacent to an activating group) is 1. The van der Waals surface area contributed by atoms with Gasteiger partial charge >= 0.3 is 0 Å². The molecule has 61 heavy (non-hydrogen) atoms. The first-order valence-electron chi connectivity index (χ1n) is 25.9. The maximum absolute atomic E-state index is 12.9. The largest absolute Gasteiger partial charge is 0.756 e. The third kappa shape index (κ3) is 46.5. The molecule has 0 aromatic rings. The van der Waals surface area contributed by atoms with Crippen LogP contribution in [0.5, 0.6) is 0 Å². The maximum Gasteiger partial charge on any atom is 0.268 e. The Hall–Kier alpha value is -1.28. The molecule has 0 spiro atoms. The maximum atomic E-state index is 12.9. The fourth-order valence-corrected chi connectivity index (χ4v) is 8.20. The molecule has 0 saturated carbocycles. The van der Waals surface area contributed by atoms with Gasteiger partial charge in [-0.2, -0.15) is 0 Å². The highest BCUT2D eigenvalue weighted by atomic mass is 31.2. The number of nitrogens with one attached hydrogen (secondary N) is 1. The van der Waals surface area contributed by atoms with Crippen molar-refractivity contribution < 1.29 is 32.9 Å². The van der Waals surface area contributed by atoms with E-state index in [1.165, 1.54) is 173 Å². The summed E-state index contributed by atoms with van der Waals surface area (Å²) in [5.74, 6) is -0.208. The van der Waals surface area contributed by atoms with Crippen LogP contribution in [0.15, 0.2) is 36.5 Å². The normalized spacial score (nSPS) is 14.4. The molecule has 0 saturated heterocycles. The summed E-state index contributed by atoms with van der Waals surface area (Å²) in [4.78, 5) is 25.4. The van der Waals surface area contributed by atoms with Crippen molar-refractivity contribution in [2.75, 3.05) is 40.9 Å². The van der Waals surface area contributed by atoms with Gasteiger partial charge in [-0.1, -0.05) is 224 Å². The summed E-state index contributed by atoms with van der Waals surface area (Å²) in [6.07, 6.45) is 54.9. The van der Waals surface area contributed by atoms with Crippen LogP contribution in [0, 0.1) is 0 Å². The van der Waals surface area contributed by atoms with Gasteiger partial charge < -0.3 is 28.8 Å². The minimum absolute atomic E-state index is 0.00757. The van der Waals surface area contributed by atoms with Crippen molar-refractivity contribution in [3.05, 3.63) is 36.5 Å². The molecule has 9 heteroatoms. The lowest BCUT2D eigenvalue weighted by atomic mass is 10.0. The summed E-state index contributed by atoms with van der Waals surface area (Å²) in [7, 11) is 1.24. The van der Waals surface area contributed by atoms with Gasteiger partial charge in [0.15, 0.2) is 0 Å². The Morgan fingerprint density at radius 2 is 0.918 bits per heavy atom. The minimum atomic E-state index is -4.60. The molecular weight excluding hydrogens is 780 g/mol. The summed E-state index contributed by atoms with van der Waals surface area (Å²) >= 11 is 0. The summed E-state index contributed by atoms with van der Waals surface area (Å²) < 4.78 is 23.3. The topological polar surface area (TPSA) is 108 Å². The van der Waals surface area contributed by atoms with Crippen molar-refractivity contribution in [3.63, 3.8) is 0 Å². The van der Waals surface area contributed by atoms with Gasteiger partial charge in [-0.05, 0) is 44.9 Å². The van der Waals surface area contributed by atoms with Gasteiger partial charge in [0.25, 0.3) is 7.82 Å². The number of unbranched alkanes of at least 4 members (excludes halogenated alkanes) is 30. The predicted molar refractivity (Wildman–Crippen MR) is 261 cm³/mol. The Labute approximate surface area is 378 Å². The second kappa shape index (κ2) is 43.9. The van der Waals surface area contributed by atoms with Gasteiger partial charge in [0.05, 0.1) is 39.9 Å². The number of carbonyl (C=O) groups excluding carboxylic acids is 1. The van der Waals surface area contributed by atoms with Crippen LogP contribution in [-0.2, 0) is 18.4 Å². The number of aliphatic hydroxyl groups excluding tert-OH is 1. The van der Waals surface area contributed by atoms with E-state index in [4.69, 9.17) is 9.05 Å². The molecule has 0 aromatic heterocycles. The number of aliphatic hydroxyl groups is 1. The molecule has 0 heterocycles. The third-order valence-electron chi connectivity index (χ3n) is 11.6. The lowest BCUT2D eigenvalue weighted by Crippen LogP contribution is -2.45. The highest BCUT2D eigenvalue weighted by Gasteiger charge is 2.23. The van der Waals surface area contributed by atoms with Crippen molar-refractivity contribution in [1.82, 2.24) is 5.32 Å². The van der Waals surface area contributed by atoms with E-state index in [0.717, 1.165) is 44.9 Å². The predicted octanol–water partition coefficient (Wildman–Crippen LogP) is 14.4. The third-order valence-corrected chi connectivity index (χ3v) is 12.5. The van der Waals surface area contributed by atoms with E-state index in [1.807, 2.05) is 27.2 Å². The summed E-state index contributed by atoms with van der Waals surface area (Å²) in [6.45, 7) is 4.64. The average Bonchev–Trinajstić information content (AvgIpc) is 3.21. The first-order valence-corrected chi connectivity index (χ1v) is 27.3. The lowest BCUT2D eigenvalue weighted by Gasteiger charge is -2.29. The molecule has 2 N–H and O–H groups in total. The van der Waals surface area contributed by atoms with Gasteiger partial charge in [-0.15, -0.1) is 0 Å². The van der Waals surface area contributed by atoms with E-state index in [2.05, 4.69) is 43.5 Å². The van der Waals surface area contributed by atoms with Crippen molar-refractivity contribution in [2.24, 2.45) is 0 Å². The molecular formula is C52H101N2O6P. The van der Waals surface area contributed by atoms with E-state index >= 15 is 0 Å². The first-order chi connectivity index (χ1) is 29.5. The van der Waals surface area contributed by atoms with Gasteiger partial charge in [-0.3, -0.25) is 9.36 Å². The van der Waals surface area contributed by atoms with Gasteiger partial charge in [0.2, 0.25) is 5.91 Å². The SMILES string of the molecule is CCCCCCCCCCCC/C=C/CC/C=C/CC/C=C/C(O)C(COP(=O)([O-])OCC[N+](C)(C)C)NC(=O)CCCCCCCCCCCCCCCCCCCCC. The Bertz CT molecular complexity index is 1090. The molecule has 3 unspecified atom stereocenters. The van der Waals surface area contributed by atoms with E-state index in [-0.39, 0.29) is 12.5 Å². The lowest BCUT2D eigenvalue weighted by molar-refractivity contribution is -0.870. The number of amides is 1. The molecule has 3 atom stereocenters. The molecule has 0 aliphatic carbocycles. The number of carbonyl (C=O) groups is 1.